The summed E-state index contributed by atoms with van der Waals surface area (Å²) in [5, 5.41) is 26.3. The molecule has 0 aliphatic carbocycles. The van der Waals surface area contributed by atoms with Crippen LogP contribution in [0.5, 0.6) is 0 Å². The van der Waals surface area contributed by atoms with Crippen LogP contribution in [0.1, 0.15) is 16.9 Å². The van der Waals surface area contributed by atoms with Gasteiger partial charge in [-0.3, -0.25) is 20.3 Å². The van der Waals surface area contributed by atoms with Crippen molar-refractivity contribution in [2.75, 3.05) is 0 Å². The van der Waals surface area contributed by atoms with E-state index >= 15 is 0 Å². The fourth-order valence-corrected chi connectivity index (χ4v) is 4.20. The van der Waals surface area contributed by atoms with Crippen LogP contribution < -0.4 is 0 Å². The summed E-state index contributed by atoms with van der Waals surface area (Å²) in [5.74, 6) is 0.0547. The summed E-state index contributed by atoms with van der Waals surface area (Å²) >= 11 is 1.23. The van der Waals surface area contributed by atoms with E-state index in [1.807, 2.05) is 31.2 Å². The molecule has 0 radical (unpaired) electrons. The lowest BCUT2D eigenvalue weighted by Crippen LogP contribution is -2.35. The quantitative estimate of drug-likeness (QED) is 0.340. The van der Waals surface area contributed by atoms with Crippen molar-refractivity contribution in [3.05, 3.63) is 93.2 Å². The van der Waals surface area contributed by atoms with Crippen molar-refractivity contribution >= 4 is 45.5 Å². The van der Waals surface area contributed by atoms with Gasteiger partial charge in [0.1, 0.15) is 16.6 Å². The number of rotatable bonds is 4. The Hall–Kier alpha value is -4.31. The number of amidine groups is 2. The maximum atomic E-state index is 12.6. The highest BCUT2D eigenvalue weighted by Gasteiger charge is 2.36. The van der Waals surface area contributed by atoms with Gasteiger partial charge >= 0.3 is 0 Å². The highest BCUT2D eigenvalue weighted by atomic mass is 32.2. The van der Waals surface area contributed by atoms with E-state index in [1.165, 1.54) is 35.0 Å². The lowest BCUT2D eigenvalue weighted by atomic mass is 10.1. The number of furan rings is 1. The molecule has 0 spiro atoms. The van der Waals surface area contributed by atoms with E-state index in [1.54, 1.807) is 24.3 Å². The molecule has 0 atom stereocenters. The molecule has 0 bridgehead atoms. The van der Waals surface area contributed by atoms with E-state index in [9.17, 15) is 14.9 Å². The van der Waals surface area contributed by atoms with Crippen LogP contribution in [0.25, 0.3) is 17.4 Å². The lowest BCUT2D eigenvalue weighted by molar-refractivity contribution is -0.384. The SMILES string of the molecule is Cc1ccc(C2=NN3C(=N)C(=Cc4ccc(-c5cccc([N+](=O)[O-])c5)o4)C(=O)N=C3S2)cc1. The molecule has 33 heavy (non-hydrogen) atoms. The Morgan fingerprint density at radius 3 is 2.67 bits per heavy atom. The molecule has 1 amide bonds. The Balaban J connectivity index is 1.43. The monoisotopic (exact) mass is 457 g/mol. The summed E-state index contributed by atoms with van der Waals surface area (Å²) in [7, 11) is 0. The normalized spacial score (nSPS) is 16.6. The molecule has 0 saturated carbocycles. The minimum atomic E-state index is -0.563. The standard InChI is InChI=1S/C23H15N5O4S/c1-13-5-7-14(8-6-13)22-26-27-20(24)18(21(29)25-23(27)33-22)12-17-9-10-19(32-17)15-3-2-4-16(11-15)28(30)31/h2-12,24H,1H3. The molecule has 3 heterocycles. The van der Waals surface area contributed by atoms with Crippen LogP contribution in [0.15, 0.2) is 80.7 Å². The van der Waals surface area contributed by atoms with E-state index in [-0.39, 0.29) is 17.1 Å². The molecule has 0 fully saturated rings. The number of nitrogens with one attached hydrogen (secondary N) is 1. The van der Waals surface area contributed by atoms with Gasteiger partial charge in [0.05, 0.1) is 10.5 Å². The number of nitro groups is 1. The summed E-state index contributed by atoms with van der Waals surface area (Å²) in [4.78, 5) is 27.3. The Bertz CT molecular complexity index is 1420. The molecule has 10 heteroatoms. The number of nitrogens with zero attached hydrogens (tertiary/aromatic N) is 4. The van der Waals surface area contributed by atoms with E-state index in [4.69, 9.17) is 9.83 Å². The molecule has 2 aliphatic heterocycles. The third-order valence-electron chi connectivity index (χ3n) is 5.01. The molecule has 2 aromatic carbocycles. The van der Waals surface area contributed by atoms with Crippen LogP contribution in [-0.2, 0) is 4.79 Å². The smallest absolute Gasteiger partial charge is 0.283 e. The number of aryl methyl sites for hydroxylation is 1. The second-order valence-electron chi connectivity index (χ2n) is 7.30. The van der Waals surface area contributed by atoms with Gasteiger partial charge in [-0.05, 0) is 36.9 Å². The van der Waals surface area contributed by atoms with Crippen LogP contribution in [-0.4, -0.2) is 31.9 Å². The zero-order valence-corrected chi connectivity index (χ0v) is 18.0. The van der Waals surface area contributed by atoms with Crippen molar-refractivity contribution < 1.29 is 14.1 Å². The third kappa shape index (κ3) is 3.87. The van der Waals surface area contributed by atoms with Gasteiger partial charge in [0.25, 0.3) is 11.6 Å². The van der Waals surface area contributed by atoms with E-state index < -0.39 is 10.8 Å². The van der Waals surface area contributed by atoms with Crippen molar-refractivity contribution in [1.29, 1.82) is 5.41 Å². The van der Waals surface area contributed by atoms with Gasteiger partial charge in [-0.25, -0.2) is 0 Å². The molecule has 3 aromatic rings. The van der Waals surface area contributed by atoms with Crippen molar-refractivity contribution in [2.24, 2.45) is 10.1 Å². The van der Waals surface area contributed by atoms with Crippen molar-refractivity contribution in [3.8, 4) is 11.3 Å². The number of hydrogen-bond donors (Lipinski definition) is 1. The number of hydrazone groups is 1. The van der Waals surface area contributed by atoms with Crippen molar-refractivity contribution in [2.45, 2.75) is 6.92 Å². The maximum Gasteiger partial charge on any atom is 0.283 e. The number of carbonyl (C=O) groups is 1. The number of fused-ring (bicyclic) bond motifs is 1. The second-order valence-corrected chi connectivity index (χ2v) is 8.26. The van der Waals surface area contributed by atoms with E-state index in [2.05, 4.69) is 10.1 Å². The van der Waals surface area contributed by atoms with Crippen LogP contribution in [0.3, 0.4) is 0 Å². The minimum Gasteiger partial charge on any atom is -0.457 e. The minimum absolute atomic E-state index is 0.0354. The predicted octanol–water partition coefficient (Wildman–Crippen LogP) is 4.83. The first kappa shape index (κ1) is 20.6. The summed E-state index contributed by atoms with van der Waals surface area (Å²) in [6.45, 7) is 1.99. The average Bonchev–Trinajstić information content (AvgIpc) is 3.45. The van der Waals surface area contributed by atoms with Gasteiger partial charge in [0.2, 0.25) is 5.17 Å². The zero-order valence-electron chi connectivity index (χ0n) is 17.2. The molecule has 0 saturated heterocycles. The fourth-order valence-electron chi connectivity index (χ4n) is 3.31. The molecule has 0 unspecified atom stereocenters. The first-order valence-electron chi connectivity index (χ1n) is 9.81. The molecule has 1 aromatic heterocycles. The number of thioether (sulfide) groups is 1. The topological polar surface area (TPSA) is 125 Å². The summed E-state index contributed by atoms with van der Waals surface area (Å²) < 4.78 is 5.76. The first-order chi connectivity index (χ1) is 15.9. The third-order valence-corrected chi connectivity index (χ3v) is 5.97. The Morgan fingerprint density at radius 1 is 1.12 bits per heavy atom. The zero-order chi connectivity index (χ0) is 23.1. The molecule has 162 valence electrons. The van der Waals surface area contributed by atoms with Gasteiger partial charge < -0.3 is 4.42 Å². The molecule has 2 aliphatic rings. The van der Waals surface area contributed by atoms with Gasteiger partial charge in [0, 0.05) is 23.3 Å². The number of amides is 1. The molecule has 1 N–H and O–H groups in total. The number of benzene rings is 2. The first-order valence-corrected chi connectivity index (χ1v) is 10.6. The van der Waals surface area contributed by atoms with Gasteiger partial charge in [-0.15, -0.1) is 0 Å². The Labute approximate surface area is 191 Å². The van der Waals surface area contributed by atoms with Crippen LogP contribution >= 0.6 is 11.8 Å². The highest BCUT2D eigenvalue weighted by Crippen LogP contribution is 2.32. The maximum absolute atomic E-state index is 12.6. The summed E-state index contributed by atoms with van der Waals surface area (Å²) in [6, 6.07) is 17.1. The highest BCUT2D eigenvalue weighted by molar-refractivity contribution is 8.27. The van der Waals surface area contributed by atoms with E-state index in [0.29, 0.717) is 27.3 Å². The molecular weight excluding hydrogens is 442 g/mol. The van der Waals surface area contributed by atoms with Crippen LogP contribution in [0.2, 0.25) is 0 Å². The Morgan fingerprint density at radius 2 is 1.91 bits per heavy atom. The van der Waals surface area contributed by atoms with Crippen molar-refractivity contribution in [1.82, 2.24) is 5.01 Å². The number of aliphatic imine (C=N–C) groups is 1. The van der Waals surface area contributed by atoms with Gasteiger partial charge in [-0.1, -0.05) is 42.0 Å². The predicted molar refractivity (Wildman–Crippen MR) is 126 cm³/mol. The second kappa shape index (κ2) is 7.99. The molecular formula is C23H15N5O4S. The van der Waals surface area contributed by atoms with Crippen LogP contribution in [0, 0.1) is 22.4 Å². The number of nitro benzene ring substituents is 1. The average molecular weight is 457 g/mol. The van der Waals surface area contributed by atoms with Crippen molar-refractivity contribution in [3.63, 3.8) is 0 Å². The fraction of sp³-hybridized carbons (Fsp3) is 0.0435. The Kier molecular flexibility index (Phi) is 4.98. The number of non-ortho nitro benzene ring substituents is 1. The van der Waals surface area contributed by atoms with Gasteiger partial charge in [0.15, 0.2) is 5.84 Å². The van der Waals surface area contributed by atoms with E-state index in [0.717, 1.165) is 11.1 Å². The lowest BCUT2D eigenvalue weighted by Gasteiger charge is -2.19. The summed E-state index contributed by atoms with van der Waals surface area (Å²) in [5.41, 5.74) is 2.51. The number of carbonyl (C=O) groups excluding carboxylic acids is 1. The largest absolute Gasteiger partial charge is 0.457 e. The molecule has 5 rings (SSSR count). The van der Waals surface area contributed by atoms with Gasteiger partial charge in [-0.2, -0.15) is 15.1 Å². The molecule has 9 nitrogen and oxygen atoms in total. The van der Waals surface area contributed by atoms with Crippen LogP contribution in [0.4, 0.5) is 5.69 Å². The summed E-state index contributed by atoms with van der Waals surface area (Å²) in [6.07, 6.45) is 1.43. The number of hydrogen-bond acceptors (Lipinski definition) is 7.